The van der Waals surface area contributed by atoms with Gasteiger partial charge < -0.3 is 10.6 Å². The van der Waals surface area contributed by atoms with E-state index < -0.39 is 0 Å². The number of hydrogen-bond donors (Lipinski definition) is 1. The maximum absolute atomic E-state index is 6.04. The van der Waals surface area contributed by atoms with E-state index >= 15 is 0 Å². The van der Waals surface area contributed by atoms with Crippen LogP contribution in [0.5, 0.6) is 0 Å². The molecule has 0 spiro atoms. The Morgan fingerprint density at radius 1 is 1.11 bits per heavy atom. The molecule has 0 atom stereocenters. The number of nitrogens with two attached hydrogens (primary N) is 1. The maximum Gasteiger partial charge on any atom is 0.0432 e. The summed E-state index contributed by atoms with van der Waals surface area (Å²) in [4.78, 5) is 2.39. The van der Waals surface area contributed by atoms with Crippen LogP contribution in [0.1, 0.15) is 16.7 Å². The van der Waals surface area contributed by atoms with Crippen LogP contribution >= 0.6 is 11.6 Å². The van der Waals surface area contributed by atoms with Gasteiger partial charge in [0.1, 0.15) is 0 Å². The highest BCUT2D eigenvalue weighted by Crippen LogP contribution is 2.29. The first-order valence-electron chi connectivity index (χ1n) is 6.58. The molecule has 0 aliphatic carbocycles. The van der Waals surface area contributed by atoms with E-state index in [1.807, 2.05) is 12.1 Å². The minimum absolute atomic E-state index is 0.522. The topological polar surface area (TPSA) is 29.3 Å². The minimum atomic E-state index is 0.522. The summed E-state index contributed by atoms with van der Waals surface area (Å²) in [5.74, 6) is 0. The van der Waals surface area contributed by atoms with E-state index in [1.54, 1.807) is 0 Å². The molecule has 3 heteroatoms. The smallest absolute Gasteiger partial charge is 0.0432 e. The fraction of sp³-hybridized carbons (Fsp3) is 0.250. The Kier molecular flexibility index (Phi) is 3.45. The summed E-state index contributed by atoms with van der Waals surface area (Å²) in [6.07, 6.45) is 1.09. The molecule has 0 amide bonds. The van der Waals surface area contributed by atoms with Gasteiger partial charge in [-0.25, -0.2) is 0 Å². The lowest BCUT2D eigenvalue weighted by atomic mass is 9.99. The summed E-state index contributed by atoms with van der Waals surface area (Å²) in [5.41, 5.74) is 11.0. The van der Waals surface area contributed by atoms with Gasteiger partial charge in [-0.1, -0.05) is 35.9 Å². The Balaban J connectivity index is 1.93. The van der Waals surface area contributed by atoms with Crippen LogP contribution in [0, 0.1) is 0 Å². The van der Waals surface area contributed by atoms with E-state index in [1.165, 1.54) is 16.8 Å². The van der Waals surface area contributed by atoms with Gasteiger partial charge in [-0.05, 0) is 41.3 Å². The van der Waals surface area contributed by atoms with Crippen molar-refractivity contribution in [2.24, 2.45) is 5.73 Å². The first-order valence-corrected chi connectivity index (χ1v) is 6.96. The highest BCUT2D eigenvalue weighted by atomic mass is 35.5. The molecule has 1 heterocycles. The van der Waals surface area contributed by atoms with Crippen molar-refractivity contribution in [1.82, 2.24) is 0 Å². The Bertz CT molecular complexity index is 595. The van der Waals surface area contributed by atoms with Crippen molar-refractivity contribution in [3.05, 3.63) is 64.2 Å². The summed E-state index contributed by atoms with van der Waals surface area (Å²) in [5, 5.41) is 0.751. The number of nitrogens with zero attached hydrogens (tertiary/aromatic N) is 1. The van der Waals surface area contributed by atoms with Crippen LogP contribution in [-0.2, 0) is 19.5 Å². The SMILES string of the molecule is NCc1cc(Cl)ccc1N1CCc2ccccc2C1. The van der Waals surface area contributed by atoms with Crippen molar-refractivity contribution in [2.45, 2.75) is 19.5 Å². The number of anilines is 1. The summed E-state index contributed by atoms with van der Waals surface area (Å²) in [7, 11) is 0. The lowest BCUT2D eigenvalue weighted by molar-refractivity contribution is 0.727. The van der Waals surface area contributed by atoms with Crippen LogP contribution in [0.3, 0.4) is 0 Å². The minimum Gasteiger partial charge on any atom is -0.367 e. The van der Waals surface area contributed by atoms with Gasteiger partial charge in [-0.2, -0.15) is 0 Å². The zero-order valence-electron chi connectivity index (χ0n) is 10.8. The Morgan fingerprint density at radius 2 is 1.89 bits per heavy atom. The predicted octanol–water partition coefficient (Wildman–Crippen LogP) is 3.36. The highest BCUT2D eigenvalue weighted by molar-refractivity contribution is 6.30. The summed E-state index contributed by atoms with van der Waals surface area (Å²) >= 11 is 6.04. The van der Waals surface area contributed by atoms with E-state index in [9.17, 15) is 0 Å². The van der Waals surface area contributed by atoms with Crippen molar-refractivity contribution >= 4 is 17.3 Å². The van der Waals surface area contributed by atoms with Crippen LogP contribution in [0.2, 0.25) is 5.02 Å². The average Bonchev–Trinajstić information content (AvgIpc) is 2.46. The third-order valence-electron chi connectivity index (χ3n) is 3.73. The lowest BCUT2D eigenvalue weighted by Crippen LogP contribution is -2.31. The van der Waals surface area contributed by atoms with E-state index in [-0.39, 0.29) is 0 Å². The normalized spacial score (nSPS) is 14.3. The van der Waals surface area contributed by atoms with Gasteiger partial charge in [0.15, 0.2) is 0 Å². The maximum atomic E-state index is 6.04. The molecule has 0 saturated heterocycles. The van der Waals surface area contributed by atoms with E-state index in [0.717, 1.165) is 30.1 Å². The van der Waals surface area contributed by atoms with Crippen LogP contribution in [0.25, 0.3) is 0 Å². The van der Waals surface area contributed by atoms with Gasteiger partial charge in [-0.3, -0.25) is 0 Å². The van der Waals surface area contributed by atoms with Gasteiger partial charge in [-0.15, -0.1) is 0 Å². The fourth-order valence-corrected chi connectivity index (χ4v) is 2.92. The second-order valence-electron chi connectivity index (χ2n) is 4.92. The molecule has 2 aromatic carbocycles. The monoisotopic (exact) mass is 272 g/mol. The molecule has 0 bridgehead atoms. The zero-order chi connectivity index (χ0) is 13.2. The van der Waals surface area contributed by atoms with Crippen molar-refractivity contribution in [3.8, 4) is 0 Å². The number of rotatable bonds is 2. The molecular formula is C16H17ClN2. The van der Waals surface area contributed by atoms with Crippen molar-refractivity contribution in [1.29, 1.82) is 0 Å². The molecule has 19 heavy (non-hydrogen) atoms. The number of fused-ring (bicyclic) bond motifs is 1. The van der Waals surface area contributed by atoms with Gasteiger partial charge >= 0.3 is 0 Å². The molecule has 1 aliphatic heterocycles. The Labute approximate surface area is 118 Å². The largest absolute Gasteiger partial charge is 0.367 e. The second-order valence-corrected chi connectivity index (χ2v) is 5.35. The van der Waals surface area contributed by atoms with E-state index in [0.29, 0.717) is 6.54 Å². The van der Waals surface area contributed by atoms with Crippen molar-refractivity contribution in [3.63, 3.8) is 0 Å². The van der Waals surface area contributed by atoms with Gasteiger partial charge in [0.05, 0.1) is 0 Å². The van der Waals surface area contributed by atoms with Crippen LogP contribution in [0.4, 0.5) is 5.69 Å². The summed E-state index contributed by atoms with van der Waals surface area (Å²) < 4.78 is 0. The zero-order valence-corrected chi connectivity index (χ0v) is 11.5. The van der Waals surface area contributed by atoms with Gasteiger partial charge in [0, 0.05) is 30.3 Å². The molecule has 0 radical (unpaired) electrons. The average molecular weight is 273 g/mol. The molecule has 2 N–H and O–H groups in total. The molecule has 98 valence electrons. The Hall–Kier alpha value is -1.51. The molecule has 0 aromatic heterocycles. The predicted molar refractivity (Wildman–Crippen MR) is 80.5 cm³/mol. The quantitative estimate of drug-likeness (QED) is 0.908. The number of benzene rings is 2. The highest BCUT2D eigenvalue weighted by Gasteiger charge is 2.18. The molecule has 0 fully saturated rings. The van der Waals surface area contributed by atoms with Crippen LogP contribution < -0.4 is 10.6 Å². The standard InChI is InChI=1S/C16H17ClN2/c17-15-5-6-16(14(9-15)10-18)19-8-7-12-3-1-2-4-13(12)11-19/h1-6,9H,7-8,10-11,18H2. The molecule has 3 rings (SSSR count). The lowest BCUT2D eigenvalue weighted by Gasteiger charge is -2.32. The molecular weight excluding hydrogens is 256 g/mol. The second kappa shape index (κ2) is 5.24. The molecule has 2 aromatic rings. The molecule has 2 nitrogen and oxygen atoms in total. The third-order valence-corrected chi connectivity index (χ3v) is 3.97. The fourth-order valence-electron chi connectivity index (χ4n) is 2.73. The third kappa shape index (κ3) is 2.46. The summed E-state index contributed by atoms with van der Waals surface area (Å²) in [6, 6.07) is 14.6. The van der Waals surface area contributed by atoms with Crippen LogP contribution in [-0.4, -0.2) is 6.54 Å². The van der Waals surface area contributed by atoms with E-state index in [2.05, 4.69) is 35.2 Å². The van der Waals surface area contributed by atoms with Crippen molar-refractivity contribution in [2.75, 3.05) is 11.4 Å². The summed E-state index contributed by atoms with van der Waals surface area (Å²) in [6.45, 7) is 2.50. The first-order chi connectivity index (χ1) is 9.28. The molecule has 1 aliphatic rings. The number of hydrogen-bond acceptors (Lipinski definition) is 2. The Morgan fingerprint density at radius 3 is 2.68 bits per heavy atom. The molecule has 0 saturated carbocycles. The number of halogens is 1. The molecule has 0 unspecified atom stereocenters. The van der Waals surface area contributed by atoms with Crippen molar-refractivity contribution < 1.29 is 0 Å². The van der Waals surface area contributed by atoms with Gasteiger partial charge in [0.2, 0.25) is 0 Å². The van der Waals surface area contributed by atoms with Gasteiger partial charge in [0.25, 0.3) is 0 Å². The van der Waals surface area contributed by atoms with Crippen LogP contribution in [0.15, 0.2) is 42.5 Å². The first kappa shape index (κ1) is 12.5. The van der Waals surface area contributed by atoms with E-state index in [4.69, 9.17) is 17.3 Å².